The van der Waals surface area contributed by atoms with E-state index >= 15 is 0 Å². The molecule has 1 atom stereocenters. The van der Waals surface area contributed by atoms with E-state index < -0.39 is 11.2 Å². The molecule has 1 aliphatic rings. The maximum atomic E-state index is 11.7. The van der Waals surface area contributed by atoms with Gasteiger partial charge in [0, 0.05) is 13.1 Å². The zero-order valence-corrected chi connectivity index (χ0v) is 10.1. The number of rotatable bonds is 3. The van der Waals surface area contributed by atoms with Crippen LogP contribution < -0.4 is 22.3 Å². The van der Waals surface area contributed by atoms with E-state index in [2.05, 4.69) is 10.3 Å². The van der Waals surface area contributed by atoms with E-state index in [9.17, 15) is 9.59 Å². The number of hydrogen-bond acceptors (Lipinski definition) is 4. The molecule has 1 aromatic rings. The number of anilines is 2. The van der Waals surface area contributed by atoms with Crippen LogP contribution in [0.4, 0.5) is 11.5 Å². The Kier molecular flexibility index (Phi) is 2.95. The smallest absolute Gasteiger partial charge is 0.329 e. The van der Waals surface area contributed by atoms with Gasteiger partial charge < -0.3 is 11.1 Å². The summed E-state index contributed by atoms with van der Waals surface area (Å²) in [5.74, 6) is 0.774. The van der Waals surface area contributed by atoms with E-state index in [1.54, 1.807) is 0 Å². The first kappa shape index (κ1) is 11.8. The third kappa shape index (κ3) is 2.07. The third-order valence-corrected chi connectivity index (χ3v) is 3.60. The number of nitrogens with two attached hydrogens (primary N) is 1. The van der Waals surface area contributed by atoms with Gasteiger partial charge in [-0.15, -0.1) is 0 Å². The van der Waals surface area contributed by atoms with Gasteiger partial charge in [-0.3, -0.25) is 14.3 Å². The summed E-state index contributed by atoms with van der Waals surface area (Å²) in [6.07, 6.45) is 3.60. The van der Waals surface area contributed by atoms with Crippen LogP contribution in [0.3, 0.4) is 0 Å². The predicted molar refractivity (Wildman–Crippen MR) is 67.1 cm³/mol. The molecule has 0 amide bonds. The molecule has 0 radical (unpaired) electrons. The first-order valence-corrected chi connectivity index (χ1v) is 5.86. The van der Waals surface area contributed by atoms with E-state index in [-0.39, 0.29) is 11.9 Å². The van der Waals surface area contributed by atoms with Crippen molar-refractivity contribution in [3.05, 3.63) is 20.8 Å². The van der Waals surface area contributed by atoms with Crippen molar-refractivity contribution in [1.82, 2.24) is 9.55 Å². The average Bonchev–Trinajstić information content (AvgIpc) is 2.19. The number of aromatic nitrogens is 2. The fraction of sp³-hybridized carbons (Fsp3) is 0.636. The molecule has 94 valence electrons. The van der Waals surface area contributed by atoms with Crippen molar-refractivity contribution in [2.75, 3.05) is 11.1 Å². The fourth-order valence-electron chi connectivity index (χ4n) is 2.06. The number of H-pyrrole nitrogens is 1. The highest BCUT2D eigenvalue weighted by molar-refractivity contribution is 5.60. The normalized spacial score (nSPS) is 17.5. The lowest BCUT2D eigenvalue weighted by atomic mass is 9.80. The largest absolute Gasteiger partial charge is 0.383 e. The topological polar surface area (TPSA) is 92.9 Å². The standard InChI is InChI=1S/C11H18N4O2/c1-6(7-4-3-5-7)13-8-9(12)15(2)11(17)14-10(8)16/h6-7,13H,3-5,12H2,1-2H3,(H,14,16,17). The molecule has 17 heavy (non-hydrogen) atoms. The molecule has 0 aliphatic heterocycles. The first-order valence-electron chi connectivity index (χ1n) is 5.86. The Morgan fingerprint density at radius 3 is 2.65 bits per heavy atom. The molecule has 1 saturated carbocycles. The van der Waals surface area contributed by atoms with Crippen LogP contribution in [0.2, 0.25) is 0 Å². The monoisotopic (exact) mass is 238 g/mol. The number of hydrogen-bond donors (Lipinski definition) is 3. The highest BCUT2D eigenvalue weighted by Gasteiger charge is 2.25. The average molecular weight is 238 g/mol. The maximum Gasteiger partial charge on any atom is 0.329 e. The van der Waals surface area contributed by atoms with Crippen LogP contribution in [0.25, 0.3) is 0 Å². The summed E-state index contributed by atoms with van der Waals surface area (Å²) in [6.45, 7) is 2.04. The van der Waals surface area contributed by atoms with Gasteiger partial charge in [-0.1, -0.05) is 6.42 Å². The minimum absolute atomic E-state index is 0.185. The van der Waals surface area contributed by atoms with E-state index in [0.717, 1.165) is 0 Å². The SMILES string of the molecule is CC(Nc1c(N)n(C)c(=O)[nH]c1=O)C1CCC1. The molecule has 6 heteroatoms. The van der Waals surface area contributed by atoms with Crippen LogP contribution in [-0.4, -0.2) is 15.6 Å². The summed E-state index contributed by atoms with van der Waals surface area (Å²) in [4.78, 5) is 25.2. The molecule has 1 heterocycles. The van der Waals surface area contributed by atoms with Crippen LogP contribution in [0.5, 0.6) is 0 Å². The molecule has 2 rings (SSSR count). The number of nitrogens with zero attached hydrogens (tertiary/aromatic N) is 1. The van der Waals surface area contributed by atoms with Crippen LogP contribution >= 0.6 is 0 Å². The second-order valence-corrected chi connectivity index (χ2v) is 4.70. The van der Waals surface area contributed by atoms with E-state index in [4.69, 9.17) is 5.73 Å². The van der Waals surface area contributed by atoms with Crippen molar-refractivity contribution in [2.24, 2.45) is 13.0 Å². The molecular formula is C11H18N4O2. The highest BCUT2D eigenvalue weighted by Crippen LogP contribution is 2.31. The summed E-state index contributed by atoms with van der Waals surface area (Å²) in [5, 5.41) is 3.12. The van der Waals surface area contributed by atoms with Crippen LogP contribution in [0.1, 0.15) is 26.2 Å². The summed E-state index contributed by atoms with van der Waals surface area (Å²) >= 11 is 0. The van der Waals surface area contributed by atoms with Gasteiger partial charge in [-0.2, -0.15) is 0 Å². The minimum atomic E-state index is -0.491. The Morgan fingerprint density at radius 2 is 2.12 bits per heavy atom. The van der Waals surface area contributed by atoms with Crippen LogP contribution in [-0.2, 0) is 7.05 Å². The molecule has 1 fully saturated rings. The highest BCUT2D eigenvalue weighted by atomic mass is 16.2. The van der Waals surface area contributed by atoms with Crippen molar-refractivity contribution >= 4 is 11.5 Å². The molecule has 0 spiro atoms. The number of nitrogen functional groups attached to an aromatic ring is 1. The maximum absolute atomic E-state index is 11.7. The van der Waals surface area contributed by atoms with Gasteiger partial charge in [0.1, 0.15) is 11.5 Å². The molecule has 4 N–H and O–H groups in total. The second kappa shape index (κ2) is 4.27. The molecule has 0 saturated heterocycles. The number of aromatic amines is 1. The second-order valence-electron chi connectivity index (χ2n) is 4.70. The van der Waals surface area contributed by atoms with Gasteiger partial charge in [0.05, 0.1) is 0 Å². The lowest BCUT2D eigenvalue weighted by molar-refractivity contribution is 0.285. The van der Waals surface area contributed by atoms with Crippen LogP contribution in [0.15, 0.2) is 9.59 Å². The van der Waals surface area contributed by atoms with Crippen molar-refractivity contribution in [3.8, 4) is 0 Å². The first-order chi connectivity index (χ1) is 8.00. The zero-order chi connectivity index (χ0) is 12.6. The van der Waals surface area contributed by atoms with Crippen molar-refractivity contribution in [2.45, 2.75) is 32.2 Å². The summed E-state index contributed by atoms with van der Waals surface area (Å²) in [7, 11) is 1.53. The summed E-state index contributed by atoms with van der Waals surface area (Å²) < 4.78 is 1.23. The van der Waals surface area contributed by atoms with E-state index in [1.807, 2.05) is 6.92 Å². The third-order valence-electron chi connectivity index (χ3n) is 3.60. The van der Waals surface area contributed by atoms with E-state index in [1.165, 1.54) is 30.9 Å². The van der Waals surface area contributed by atoms with Crippen molar-refractivity contribution in [1.29, 1.82) is 0 Å². The Morgan fingerprint density at radius 1 is 1.47 bits per heavy atom. The van der Waals surface area contributed by atoms with Gasteiger partial charge in [-0.25, -0.2) is 4.79 Å². The van der Waals surface area contributed by atoms with E-state index in [0.29, 0.717) is 11.6 Å². The van der Waals surface area contributed by atoms with Crippen molar-refractivity contribution in [3.63, 3.8) is 0 Å². The van der Waals surface area contributed by atoms with Gasteiger partial charge >= 0.3 is 5.69 Å². The fourth-order valence-corrected chi connectivity index (χ4v) is 2.06. The quantitative estimate of drug-likeness (QED) is 0.704. The molecule has 0 aromatic carbocycles. The summed E-state index contributed by atoms with van der Waals surface area (Å²) in [6, 6.07) is 0.199. The van der Waals surface area contributed by atoms with Gasteiger partial charge in [0.25, 0.3) is 5.56 Å². The predicted octanol–water partition coefficient (Wildman–Crippen LogP) is 0.256. The Bertz CT molecular complexity index is 527. The Hall–Kier alpha value is -1.72. The summed E-state index contributed by atoms with van der Waals surface area (Å²) in [5.41, 5.74) is 5.13. The molecule has 0 bridgehead atoms. The van der Waals surface area contributed by atoms with Crippen LogP contribution in [0, 0.1) is 5.92 Å². The molecular weight excluding hydrogens is 220 g/mol. The minimum Gasteiger partial charge on any atom is -0.383 e. The lowest BCUT2D eigenvalue weighted by Gasteiger charge is -2.32. The number of nitrogens with one attached hydrogen (secondary N) is 2. The van der Waals surface area contributed by atoms with Gasteiger partial charge in [0.15, 0.2) is 0 Å². The Balaban J connectivity index is 2.29. The zero-order valence-electron chi connectivity index (χ0n) is 10.1. The Labute approximate surface area is 98.8 Å². The molecule has 1 unspecified atom stereocenters. The molecule has 1 aromatic heterocycles. The molecule has 6 nitrogen and oxygen atoms in total. The molecule has 1 aliphatic carbocycles. The van der Waals surface area contributed by atoms with Crippen molar-refractivity contribution < 1.29 is 0 Å². The van der Waals surface area contributed by atoms with Gasteiger partial charge in [0.2, 0.25) is 0 Å². The lowest BCUT2D eigenvalue weighted by Crippen LogP contribution is -2.37. The van der Waals surface area contributed by atoms with Gasteiger partial charge in [-0.05, 0) is 25.7 Å².